The topological polar surface area (TPSA) is 72.8 Å². The van der Waals surface area contributed by atoms with Gasteiger partial charge in [-0.2, -0.15) is 0 Å². The van der Waals surface area contributed by atoms with Crippen LogP contribution < -0.4 is 4.74 Å². The van der Waals surface area contributed by atoms with Crippen molar-refractivity contribution in [2.45, 2.75) is 53.4 Å². The van der Waals surface area contributed by atoms with Crippen LogP contribution in [0.4, 0.5) is 0 Å². The molecule has 2 aromatic carbocycles. The summed E-state index contributed by atoms with van der Waals surface area (Å²) in [7, 11) is 1.51. The van der Waals surface area contributed by atoms with Crippen molar-refractivity contribution in [3.8, 4) is 11.5 Å². The third-order valence-corrected chi connectivity index (χ3v) is 5.34. The standard InChI is InChI=1S/C28H34O5/c1-6-33-28(31)26-22(17-24(29)21-13-8-7-9-14-21)18-25(32-5)23(27(26)30)16-15-20(4)12-10-11-19(2)3/h7-9,11,13-15,18,30H,6,10,12,16-17H2,1-5H3/b20-15+. The van der Waals surface area contributed by atoms with Gasteiger partial charge in [-0.3, -0.25) is 4.79 Å². The lowest BCUT2D eigenvalue weighted by Gasteiger charge is -2.17. The largest absolute Gasteiger partial charge is 0.507 e. The number of Topliss-reactive ketones (excluding diaryl/α,β-unsaturated/α-hetero) is 1. The van der Waals surface area contributed by atoms with E-state index in [0.717, 1.165) is 12.8 Å². The van der Waals surface area contributed by atoms with E-state index in [0.29, 0.717) is 28.9 Å². The highest BCUT2D eigenvalue weighted by Gasteiger charge is 2.25. The molecule has 0 atom stereocenters. The molecular formula is C28H34O5. The second kappa shape index (κ2) is 12.6. The van der Waals surface area contributed by atoms with Gasteiger partial charge < -0.3 is 14.6 Å². The normalized spacial score (nSPS) is 11.1. The first-order chi connectivity index (χ1) is 15.8. The minimum absolute atomic E-state index is 0.0209. The second-order valence-electron chi connectivity index (χ2n) is 8.20. The number of rotatable bonds is 11. The van der Waals surface area contributed by atoms with Crippen LogP contribution in [0.2, 0.25) is 0 Å². The summed E-state index contributed by atoms with van der Waals surface area (Å²) in [6, 6.07) is 10.5. The Bertz CT molecular complexity index is 1030. The molecule has 0 amide bonds. The van der Waals surface area contributed by atoms with Crippen molar-refractivity contribution in [2.75, 3.05) is 13.7 Å². The van der Waals surface area contributed by atoms with Gasteiger partial charge in [-0.15, -0.1) is 0 Å². The molecule has 2 aromatic rings. The number of hydrogen-bond donors (Lipinski definition) is 1. The summed E-state index contributed by atoms with van der Waals surface area (Å²) in [5.41, 5.74) is 3.89. The van der Waals surface area contributed by atoms with Crippen molar-refractivity contribution < 1.29 is 24.2 Å². The zero-order valence-corrected chi connectivity index (χ0v) is 20.2. The van der Waals surface area contributed by atoms with E-state index in [4.69, 9.17) is 9.47 Å². The molecule has 0 radical (unpaired) electrons. The molecule has 0 unspecified atom stereocenters. The second-order valence-corrected chi connectivity index (χ2v) is 8.20. The number of ketones is 1. The van der Waals surface area contributed by atoms with Gasteiger partial charge in [0.05, 0.1) is 13.7 Å². The number of carbonyl (C=O) groups excluding carboxylic acids is 2. The maximum Gasteiger partial charge on any atom is 0.342 e. The zero-order chi connectivity index (χ0) is 24.4. The van der Waals surface area contributed by atoms with Gasteiger partial charge in [0.25, 0.3) is 0 Å². The predicted octanol–water partition coefficient (Wildman–Crippen LogP) is 6.24. The molecule has 176 valence electrons. The average molecular weight is 451 g/mol. The van der Waals surface area contributed by atoms with Crippen LogP contribution in [0.5, 0.6) is 11.5 Å². The molecule has 0 saturated carbocycles. The third kappa shape index (κ3) is 7.35. The van der Waals surface area contributed by atoms with Crippen LogP contribution in [0.1, 0.15) is 72.4 Å². The third-order valence-electron chi connectivity index (χ3n) is 5.34. The molecule has 33 heavy (non-hydrogen) atoms. The lowest BCUT2D eigenvalue weighted by molar-refractivity contribution is 0.0521. The van der Waals surface area contributed by atoms with E-state index in [1.54, 1.807) is 37.3 Å². The fourth-order valence-electron chi connectivity index (χ4n) is 3.55. The number of benzene rings is 2. The van der Waals surface area contributed by atoms with Crippen molar-refractivity contribution in [2.24, 2.45) is 0 Å². The molecule has 0 aliphatic carbocycles. The van der Waals surface area contributed by atoms with E-state index in [1.165, 1.54) is 18.3 Å². The summed E-state index contributed by atoms with van der Waals surface area (Å²) >= 11 is 0. The van der Waals surface area contributed by atoms with Crippen LogP contribution in [-0.2, 0) is 17.6 Å². The number of phenolic OH excluding ortho intramolecular Hbond substituents is 1. The van der Waals surface area contributed by atoms with Crippen LogP contribution in [0.3, 0.4) is 0 Å². The van der Waals surface area contributed by atoms with E-state index in [2.05, 4.69) is 19.9 Å². The van der Waals surface area contributed by atoms with Gasteiger partial charge in [0, 0.05) is 17.5 Å². The highest BCUT2D eigenvalue weighted by molar-refractivity contribution is 6.01. The van der Waals surface area contributed by atoms with Gasteiger partial charge in [-0.25, -0.2) is 4.79 Å². The highest BCUT2D eigenvalue weighted by Crippen LogP contribution is 2.36. The highest BCUT2D eigenvalue weighted by atomic mass is 16.5. The van der Waals surface area contributed by atoms with Gasteiger partial charge in [0.15, 0.2) is 5.78 Å². The Balaban J connectivity index is 2.43. The summed E-state index contributed by atoms with van der Waals surface area (Å²) in [6.45, 7) is 8.05. The molecule has 0 heterocycles. The van der Waals surface area contributed by atoms with E-state index in [9.17, 15) is 14.7 Å². The fraction of sp³-hybridized carbons (Fsp3) is 0.357. The average Bonchev–Trinajstić information content (AvgIpc) is 2.78. The number of phenols is 1. The molecule has 0 aromatic heterocycles. The predicted molar refractivity (Wildman–Crippen MR) is 131 cm³/mol. The van der Waals surface area contributed by atoms with Crippen LogP contribution in [0.25, 0.3) is 0 Å². The molecule has 1 N–H and O–H groups in total. The Labute approximate surface area is 196 Å². The van der Waals surface area contributed by atoms with Crippen LogP contribution in [0, 0.1) is 0 Å². The number of carbonyl (C=O) groups is 2. The van der Waals surface area contributed by atoms with Gasteiger partial charge >= 0.3 is 5.97 Å². The minimum Gasteiger partial charge on any atom is -0.507 e. The number of hydrogen-bond acceptors (Lipinski definition) is 5. The number of aromatic hydroxyl groups is 1. The number of methoxy groups -OCH3 is 1. The Morgan fingerprint density at radius 2 is 1.76 bits per heavy atom. The van der Waals surface area contributed by atoms with E-state index in [-0.39, 0.29) is 30.1 Å². The summed E-state index contributed by atoms with van der Waals surface area (Å²) in [4.78, 5) is 25.6. The molecule has 0 aliphatic rings. The van der Waals surface area contributed by atoms with Crippen molar-refractivity contribution >= 4 is 11.8 Å². The van der Waals surface area contributed by atoms with Gasteiger partial charge in [0.1, 0.15) is 17.1 Å². The summed E-state index contributed by atoms with van der Waals surface area (Å²) in [5, 5.41) is 11.1. The Morgan fingerprint density at radius 1 is 1.06 bits per heavy atom. The number of ether oxygens (including phenoxy) is 2. The maximum atomic E-state index is 12.8. The van der Waals surface area contributed by atoms with Crippen LogP contribution in [-0.4, -0.2) is 30.6 Å². The maximum absolute atomic E-state index is 12.8. The molecule has 0 fully saturated rings. The molecular weight excluding hydrogens is 416 g/mol. The molecule has 5 heteroatoms. The molecule has 5 nitrogen and oxygen atoms in total. The smallest absolute Gasteiger partial charge is 0.342 e. The van der Waals surface area contributed by atoms with E-state index >= 15 is 0 Å². The zero-order valence-electron chi connectivity index (χ0n) is 20.2. The van der Waals surface area contributed by atoms with Crippen LogP contribution >= 0.6 is 0 Å². The fourth-order valence-corrected chi connectivity index (χ4v) is 3.55. The first kappa shape index (κ1) is 25.9. The SMILES string of the molecule is CCOC(=O)c1c(CC(=O)c2ccccc2)cc(OC)c(C/C=C(\C)CCC=C(C)C)c1O. The Kier molecular flexibility index (Phi) is 9.92. The van der Waals surface area contributed by atoms with Crippen LogP contribution in [0.15, 0.2) is 59.7 Å². The van der Waals surface area contributed by atoms with Crippen molar-refractivity contribution in [1.82, 2.24) is 0 Å². The van der Waals surface area contributed by atoms with Crippen molar-refractivity contribution in [1.29, 1.82) is 0 Å². The van der Waals surface area contributed by atoms with Gasteiger partial charge in [0.2, 0.25) is 0 Å². The molecule has 0 aliphatic heterocycles. The lowest BCUT2D eigenvalue weighted by atomic mass is 9.93. The number of esters is 1. The summed E-state index contributed by atoms with van der Waals surface area (Å²) in [5.74, 6) is -0.578. The molecule has 0 bridgehead atoms. The van der Waals surface area contributed by atoms with Gasteiger partial charge in [-0.1, -0.05) is 53.6 Å². The van der Waals surface area contributed by atoms with Crippen molar-refractivity contribution in [3.05, 3.63) is 82.0 Å². The first-order valence-corrected chi connectivity index (χ1v) is 11.2. The molecule has 2 rings (SSSR count). The van der Waals surface area contributed by atoms with Crippen molar-refractivity contribution in [3.63, 3.8) is 0 Å². The Morgan fingerprint density at radius 3 is 2.36 bits per heavy atom. The van der Waals surface area contributed by atoms with E-state index in [1.807, 2.05) is 19.1 Å². The van der Waals surface area contributed by atoms with Gasteiger partial charge in [-0.05, 0) is 58.6 Å². The Hall–Kier alpha value is -3.34. The quantitative estimate of drug-likeness (QED) is 0.249. The minimum atomic E-state index is -0.654. The monoisotopic (exact) mass is 450 g/mol. The number of allylic oxidation sites excluding steroid dienone is 4. The summed E-state index contributed by atoms with van der Waals surface area (Å²) in [6.07, 6.45) is 6.41. The summed E-state index contributed by atoms with van der Waals surface area (Å²) < 4.78 is 10.7. The molecule has 0 spiro atoms. The first-order valence-electron chi connectivity index (χ1n) is 11.2. The lowest BCUT2D eigenvalue weighted by Crippen LogP contribution is -2.14. The molecule has 0 saturated heterocycles. The van der Waals surface area contributed by atoms with E-state index < -0.39 is 5.97 Å².